The zero-order valence-electron chi connectivity index (χ0n) is 12.4. The normalized spacial score (nSPS) is 19.3. The Bertz CT molecular complexity index is 557. The SMILES string of the molecule is CC(C)(C(=O)O)C1CCCN(c2ccnc(C(N)=O)c2)C1. The van der Waals surface area contributed by atoms with Crippen LogP contribution in [-0.4, -0.2) is 35.1 Å². The molecule has 0 saturated carbocycles. The number of rotatable bonds is 4. The van der Waals surface area contributed by atoms with Crippen molar-refractivity contribution in [3.63, 3.8) is 0 Å². The summed E-state index contributed by atoms with van der Waals surface area (Å²) in [7, 11) is 0. The second-order valence-corrected chi connectivity index (χ2v) is 6.08. The third-order valence-electron chi connectivity index (χ3n) is 4.35. The highest BCUT2D eigenvalue weighted by Gasteiger charge is 2.39. The topological polar surface area (TPSA) is 96.5 Å². The molecule has 1 saturated heterocycles. The van der Waals surface area contributed by atoms with Gasteiger partial charge in [-0.1, -0.05) is 0 Å². The quantitative estimate of drug-likeness (QED) is 0.876. The summed E-state index contributed by atoms with van der Waals surface area (Å²) in [6.07, 6.45) is 3.38. The molecule has 2 heterocycles. The van der Waals surface area contributed by atoms with Crippen molar-refractivity contribution >= 4 is 17.6 Å². The van der Waals surface area contributed by atoms with Gasteiger partial charge in [0.2, 0.25) is 0 Å². The lowest BCUT2D eigenvalue weighted by atomic mass is 9.74. The van der Waals surface area contributed by atoms with Crippen LogP contribution in [0.2, 0.25) is 0 Å². The fraction of sp³-hybridized carbons (Fsp3) is 0.533. The summed E-state index contributed by atoms with van der Waals surface area (Å²) in [4.78, 5) is 28.7. The predicted molar refractivity (Wildman–Crippen MR) is 79.1 cm³/mol. The van der Waals surface area contributed by atoms with Crippen LogP contribution in [0.25, 0.3) is 0 Å². The molecule has 114 valence electrons. The Balaban J connectivity index is 2.20. The van der Waals surface area contributed by atoms with Gasteiger partial charge in [0.1, 0.15) is 5.69 Å². The Morgan fingerprint density at radius 1 is 1.48 bits per heavy atom. The van der Waals surface area contributed by atoms with Crippen LogP contribution in [0, 0.1) is 11.3 Å². The molecular formula is C15H21N3O3. The van der Waals surface area contributed by atoms with Gasteiger partial charge in [-0.2, -0.15) is 0 Å². The maximum Gasteiger partial charge on any atom is 0.309 e. The molecule has 1 aromatic heterocycles. The second kappa shape index (κ2) is 5.71. The van der Waals surface area contributed by atoms with E-state index in [2.05, 4.69) is 9.88 Å². The first-order chi connectivity index (χ1) is 9.82. The van der Waals surface area contributed by atoms with Crippen LogP contribution in [0.3, 0.4) is 0 Å². The van der Waals surface area contributed by atoms with Gasteiger partial charge < -0.3 is 15.7 Å². The number of carbonyl (C=O) groups is 2. The van der Waals surface area contributed by atoms with E-state index in [1.807, 2.05) is 6.07 Å². The van der Waals surface area contributed by atoms with E-state index in [1.54, 1.807) is 26.1 Å². The van der Waals surface area contributed by atoms with Gasteiger partial charge in [-0.15, -0.1) is 0 Å². The van der Waals surface area contributed by atoms with Crippen LogP contribution in [0.1, 0.15) is 37.2 Å². The van der Waals surface area contributed by atoms with E-state index < -0.39 is 17.3 Å². The Labute approximate surface area is 124 Å². The number of nitrogens with zero attached hydrogens (tertiary/aromatic N) is 2. The molecule has 1 fully saturated rings. The van der Waals surface area contributed by atoms with Gasteiger partial charge in [0.05, 0.1) is 5.41 Å². The minimum absolute atomic E-state index is 0.0638. The minimum Gasteiger partial charge on any atom is -0.481 e. The third kappa shape index (κ3) is 3.15. The summed E-state index contributed by atoms with van der Waals surface area (Å²) in [5.74, 6) is -1.27. The number of aliphatic carboxylic acids is 1. The molecule has 3 N–H and O–H groups in total. The fourth-order valence-electron chi connectivity index (χ4n) is 2.73. The molecule has 0 aromatic carbocycles. The van der Waals surface area contributed by atoms with Crippen LogP contribution in [0.15, 0.2) is 18.3 Å². The molecule has 21 heavy (non-hydrogen) atoms. The Hall–Kier alpha value is -2.11. The Morgan fingerprint density at radius 2 is 2.19 bits per heavy atom. The van der Waals surface area contributed by atoms with Crippen molar-refractivity contribution in [1.82, 2.24) is 4.98 Å². The molecule has 0 radical (unpaired) electrons. The highest BCUT2D eigenvalue weighted by atomic mass is 16.4. The molecule has 1 aromatic rings. The molecule has 6 heteroatoms. The molecule has 1 aliphatic heterocycles. The van der Waals surface area contributed by atoms with Crippen LogP contribution < -0.4 is 10.6 Å². The number of primary amides is 1. The largest absolute Gasteiger partial charge is 0.481 e. The van der Waals surface area contributed by atoms with Gasteiger partial charge in [-0.25, -0.2) is 0 Å². The highest BCUT2D eigenvalue weighted by Crippen LogP contribution is 2.35. The number of carbonyl (C=O) groups excluding carboxylic acids is 1. The average Bonchev–Trinajstić information content (AvgIpc) is 2.47. The lowest BCUT2D eigenvalue weighted by Crippen LogP contribution is -2.44. The van der Waals surface area contributed by atoms with Crippen molar-refractivity contribution in [2.45, 2.75) is 26.7 Å². The number of carboxylic acids is 1. The molecule has 0 spiro atoms. The van der Waals surface area contributed by atoms with Gasteiger partial charge in [0.15, 0.2) is 0 Å². The average molecular weight is 291 g/mol. The van der Waals surface area contributed by atoms with E-state index in [4.69, 9.17) is 5.73 Å². The van der Waals surface area contributed by atoms with Crippen molar-refractivity contribution in [2.24, 2.45) is 17.1 Å². The summed E-state index contributed by atoms with van der Waals surface area (Å²) in [6.45, 7) is 5.03. The maximum atomic E-state index is 11.4. The number of carboxylic acid groups (broad SMARTS) is 1. The smallest absolute Gasteiger partial charge is 0.309 e. The Kier molecular flexibility index (Phi) is 4.16. The molecule has 1 aliphatic rings. The Morgan fingerprint density at radius 3 is 2.81 bits per heavy atom. The number of nitrogens with two attached hydrogens (primary N) is 1. The predicted octanol–water partition coefficient (Wildman–Crippen LogP) is 1.51. The number of aromatic nitrogens is 1. The van der Waals surface area contributed by atoms with Crippen LogP contribution in [-0.2, 0) is 4.79 Å². The number of pyridine rings is 1. The molecule has 1 amide bonds. The standard InChI is InChI=1S/C15H21N3O3/c1-15(2,14(20)21)10-4-3-7-18(9-10)11-5-6-17-12(8-11)13(16)19/h5-6,8,10H,3-4,7,9H2,1-2H3,(H2,16,19)(H,20,21). The molecule has 1 atom stereocenters. The molecule has 0 bridgehead atoms. The third-order valence-corrected chi connectivity index (χ3v) is 4.35. The number of amides is 1. The van der Waals surface area contributed by atoms with E-state index in [-0.39, 0.29) is 11.6 Å². The van der Waals surface area contributed by atoms with E-state index in [0.717, 1.165) is 25.1 Å². The van der Waals surface area contributed by atoms with E-state index in [1.165, 1.54) is 0 Å². The summed E-state index contributed by atoms with van der Waals surface area (Å²) in [5, 5.41) is 9.38. The number of piperidine rings is 1. The van der Waals surface area contributed by atoms with E-state index in [9.17, 15) is 14.7 Å². The lowest BCUT2D eigenvalue weighted by molar-refractivity contribution is -0.150. The molecule has 1 unspecified atom stereocenters. The first kappa shape index (κ1) is 15.3. The van der Waals surface area contributed by atoms with Gasteiger partial charge in [-0.3, -0.25) is 14.6 Å². The van der Waals surface area contributed by atoms with Crippen molar-refractivity contribution < 1.29 is 14.7 Å². The van der Waals surface area contributed by atoms with Crippen molar-refractivity contribution in [2.75, 3.05) is 18.0 Å². The first-order valence-electron chi connectivity index (χ1n) is 7.06. The van der Waals surface area contributed by atoms with Crippen LogP contribution in [0.5, 0.6) is 0 Å². The minimum atomic E-state index is -0.776. The number of hydrogen-bond acceptors (Lipinski definition) is 4. The molecule has 6 nitrogen and oxygen atoms in total. The number of anilines is 1. The van der Waals surface area contributed by atoms with Crippen molar-refractivity contribution in [3.05, 3.63) is 24.0 Å². The van der Waals surface area contributed by atoms with Crippen molar-refractivity contribution in [3.8, 4) is 0 Å². The van der Waals surface area contributed by atoms with E-state index >= 15 is 0 Å². The van der Waals surface area contributed by atoms with Crippen LogP contribution in [0.4, 0.5) is 5.69 Å². The van der Waals surface area contributed by atoms with Crippen molar-refractivity contribution in [1.29, 1.82) is 0 Å². The maximum absolute atomic E-state index is 11.4. The fourth-order valence-corrected chi connectivity index (χ4v) is 2.73. The lowest BCUT2D eigenvalue weighted by Gasteiger charge is -2.40. The summed E-state index contributed by atoms with van der Waals surface area (Å²) < 4.78 is 0. The first-order valence-corrected chi connectivity index (χ1v) is 7.06. The zero-order valence-corrected chi connectivity index (χ0v) is 12.4. The number of hydrogen-bond donors (Lipinski definition) is 2. The summed E-state index contributed by atoms with van der Waals surface area (Å²) in [5.41, 5.74) is 5.58. The van der Waals surface area contributed by atoms with Gasteiger partial charge in [0, 0.05) is 25.0 Å². The highest BCUT2D eigenvalue weighted by molar-refractivity contribution is 5.91. The van der Waals surface area contributed by atoms with E-state index in [0.29, 0.717) is 6.54 Å². The second-order valence-electron chi connectivity index (χ2n) is 6.08. The molecular weight excluding hydrogens is 270 g/mol. The summed E-state index contributed by atoms with van der Waals surface area (Å²) in [6, 6.07) is 3.49. The summed E-state index contributed by atoms with van der Waals surface area (Å²) >= 11 is 0. The van der Waals surface area contributed by atoms with Gasteiger partial charge >= 0.3 is 5.97 Å². The zero-order chi connectivity index (χ0) is 15.6. The molecule has 0 aliphatic carbocycles. The monoisotopic (exact) mass is 291 g/mol. The van der Waals surface area contributed by atoms with Crippen LogP contribution >= 0.6 is 0 Å². The van der Waals surface area contributed by atoms with Gasteiger partial charge in [0.25, 0.3) is 5.91 Å². The molecule has 2 rings (SSSR count). The van der Waals surface area contributed by atoms with Gasteiger partial charge in [-0.05, 0) is 44.7 Å².